The van der Waals surface area contributed by atoms with Crippen LogP contribution >= 0.6 is 11.3 Å². The first-order valence-corrected chi connectivity index (χ1v) is 9.66. The number of carbonyl (C=O) groups excluding carboxylic acids is 1. The van der Waals surface area contributed by atoms with Gasteiger partial charge in [-0.3, -0.25) is 4.79 Å². The Kier molecular flexibility index (Phi) is 4.06. The van der Waals surface area contributed by atoms with Crippen LogP contribution in [0, 0.1) is 12.8 Å². The quantitative estimate of drug-likeness (QED) is 0.702. The third-order valence-electron chi connectivity index (χ3n) is 4.67. The minimum atomic E-state index is -0.263. The Morgan fingerprint density at radius 1 is 1.31 bits per heavy atom. The monoisotopic (exact) mass is 370 g/mol. The molecule has 2 heterocycles. The van der Waals surface area contributed by atoms with Crippen molar-refractivity contribution in [3.8, 4) is 0 Å². The topological polar surface area (TPSA) is 73.3 Å². The van der Waals surface area contributed by atoms with Crippen molar-refractivity contribution in [1.82, 2.24) is 14.9 Å². The molecule has 1 fully saturated rings. The average Bonchev–Trinajstić information content (AvgIpc) is 3.18. The van der Waals surface area contributed by atoms with Crippen LogP contribution in [0.4, 0.5) is 0 Å². The Labute approximate surface area is 155 Å². The fourth-order valence-electron chi connectivity index (χ4n) is 3.11. The zero-order valence-electron chi connectivity index (χ0n) is 15.4. The van der Waals surface area contributed by atoms with E-state index in [0.717, 1.165) is 11.3 Å². The van der Waals surface area contributed by atoms with Gasteiger partial charge < -0.3 is 4.57 Å². The summed E-state index contributed by atoms with van der Waals surface area (Å²) in [5, 5.41) is 7.57. The van der Waals surface area contributed by atoms with Crippen LogP contribution in [0.3, 0.4) is 0 Å². The van der Waals surface area contributed by atoms with E-state index in [-0.39, 0.29) is 11.3 Å². The first-order chi connectivity index (χ1) is 12.3. The van der Waals surface area contributed by atoms with E-state index in [0.29, 0.717) is 22.5 Å². The number of hydrogen-bond donors (Lipinski definition) is 0. The van der Waals surface area contributed by atoms with Crippen LogP contribution in [0.5, 0.6) is 0 Å². The molecule has 2 aromatic heterocycles. The molecule has 1 aliphatic rings. The maximum atomic E-state index is 12.8. The molecule has 0 saturated heterocycles. The van der Waals surface area contributed by atoms with Crippen molar-refractivity contribution in [3.05, 3.63) is 39.1 Å². The van der Waals surface area contributed by atoms with Crippen LogP contribution < -0.4 is 4.80 Å². The van der Waals surface area contributed by atoms with E-state index < -0.39 is 0 Å². The van der Waals surface area contributed by atoms with Crippen LogP contribution in [0.25, 0.3) is 11.0 Å². The summed E-state index contributed by atoms with van der Waals surface area (Å²) < 4.78 is 6.92. The van der Waals surface area contributed by atoms with E-state index in [9.17, 15) is 4.79 Å². The lowest BCUT2D eigenvalue weighted by Gasteiger charge is -2.17. The van der Waals surface area contributed by atoms with Crippen molar-refractivity contribution in [2.45, 2.75) is 52.5 Å². The highest BCUT2D eigenvalue weighted by Gasteiger charge is 2.27. The van der Waals surface area contributed by atoms with Gasteiger partial charge in [0, 0.05) is 22.7 Å². The zero-order valence-corrected chi connectivity index (χ0v) is 16.3. The second-order valence-electron chi connectivity index (χ2n) is 7.99. The summed E-state index contributed by atoms with van der Waals surface area (Å²) in [7, 11) is 0. The second kappa shape index (κ2) is 6.16. The SMILES string of the molecule is Cc1c(C(C)(C)C)sc(=NC(=O)c2ccc3nonc3c2)n1CC1CC1. The Bertz CT molecular complexity index is 1050. The summed E-state index contributed by atoms with van der Waals surface area (Å²) in [5.41, 5.74) is 2.94. The molecule has 0 spiro atoms. The number of aromatic nitrogens is 3. The van der Waals surface area contributed by atoms with Gasteiger partial charge in [-0.15, -0.1) is 11.3 Å². The van der Waals surface area contributed by atoms with Crippen molar-refractivity contribution in [1.29, 1.82) is 0 Å². The average molecular weight is 370 g/mol. The molecule has 0 unspecified atom stereocenters. The highest BCUT2D eigenvalue weighted by atomic mass is 32.1. The number of amides is 1. The lowest BCUT2D eigenvalue weighted by Crippen LogP contribution is -2.19. The molecule has 1 aromatic carbocycles. The molecule has 1 aliphatic carbocycles. The molecule has 0 atom stereocenters. The Morgan fingerprint density at radius 2 is 2.04 bits per heavy atom. The summed E-state index contributed by atoms with van der Waals surface area (Å²) in [6, 6.07) is 5.12. The Morgan fingerprint density at radius 3 is 2.73 bits per heavy atom. The Balaban J connectivity index is 1.78. The molecule has 136 valence electrons. The van der Waals surface area contributed by atoms with Gasteiger partial charge in [-0.2, -0.15) is 4.99 Å². The van der Waals surface area contributed by atoms with Crippen LogP contribution in [0.15, 0.2) is 27.8 Å². The normalized spacial score (nSPS) is 15.8. The van der Waals surface area contributed by atoms with E-state index >= 15 is 0 Å². The maximum absolute atomic E-state index is 12.8. The van der Waals surface area contributed by atoms with Crippen LogP contribution in [0.1, 0.15) is 54.5 Å². The predicted molar refractivity (Wildman–Crippen MR) is 100 cm³/mol. The number of carbonyl (C=O) groups is 1. The third kappa shape index (κ3) is 3.23. The van der Waals surface area contributed by atoms with Gasteiger partial charge in [0.1, 0.15) is 11.0 Å². The van der Waals surface area contributed by atoms with Gasteiger partial charge in [0.25, 0.3) is 5.91 Å². The maximum Gasteiger partial charge on any atom is 0.279 e. The van der Waals surface area contributed by atoms with E-state index in [1.807, 2.05) is 0 Å². The van der Waals surface area contributed by atoms with Crippen LogP contribution in [0.2, 0.25) is 0 Å². The number of fused-ring (bicyclic) bond motifs is 1. The van der Waals surface area contributed by atoms with Crippen molar-refractivity contribution in [2.24, 2.45) is 10.9 Å². The molecule has 1 saturated carbocycles. The molecule has 7 heteroatoms. The molecular formula is C19H22N4O2S. The largest absolute Gasteiger partial charge is 0.320 e. The van der Waals surface area contributed by atoms with Gasteiger partial charge in [0.15, 0.2) is 4.80 Å². The lowest BCUT2D eigenvalue weighted by atomic mass is 9.93. The van der Waals surface area contributed by atoms with Crippen molar-refractivity contribution in [3.63, 3.8) is 0 Å². The summed E-state index contributed by atoms with van der Waals surface area (Å²) in [4.78, 5) is 19.3. The highest BCUT2D eigenvalue weighted by Crippen LogP contribution is 2.33. The second-order valence-corrected chi connectivity index (χ2v) is 8.97. The lowest BCUT2D eigenvalue weighted by molar-refractivity contribution is 0.0998. The predicted octanol–water partition coefficient (Wildman–Crippen LogP) is 3.84. The van der Waals surface area contributed by atoms with Crippen molar-refractivity contribution < 1.29 is 9.42 Å². The zero-order chi connectivity index (χ0) is 18.5. The fraction of sp³-hybridized carbons (Fsp3) is 0.474. The number of nitrogens with zero attached hydrogens (tertiary/aromatic N) is 4. The summed E-state index contributed by atoms with van der Waals surface area (Å²) >= 11 is 1.62. The third-order valence-corrected chi connectivity index (χ3v) is 6.28. The minimum absolute atomic E-state index is 0.0299. The van der Waals surface area contributed by atoms with Gasteiger partial charge in [-0.05, 0) is 59.6 Å². The summed E-state index contributed by atoms with van der Waals surface area (Å²) in [6.45, 7) is 9.67. The molecule has 0 radical (unpaired) electrons. The van der Waals surface area contributed by atoms with Crippen molar-refractivity contribution >= 4 is 28.3 Å². The highest BCUT2D eigenvalue weighted by molar-refractivity contribution is 7.09. The molecule has 3 aromatic rings. The van der Waals surface area contributed by atoms with Gasteiger partial charge in [0.05, 0.1) is 0 Å². The molecule has 4 rings (SSSR count). The molecule has 0 bridgehead atoms. The first-order valence-electron chi connectivity index (χ1n) is 8.85. The summed E-state index contributed by atoms with van der Waals surface area (Å²) in [5.74, 6) is 0.448. The van der Waals surface area contributed by atoms with Gasteiger partial charge >= 0.3 is 0 Å². The molecule has 0 N–H and O–H groups in total. The fourth-order valence-corrected chi connectivity index (χ4v) is 4.30. The molecule has 1 amide bonds. The van der Waals surface area contributed by atoms with Crippen molar-refractivity contribution in [2.75, 3.05) is 0 Å². The van der Waals surface area contributed by atoms with Gasteiger partial charge in [-0.1, -0.05) is 20.8 Å². The van der Waals surface area contributed by atoms with E-state index in [1.54, 1.807) is 29.5 Å². The number of rotatable bonds is 3. The molecule has 26 heavy (non-hydrogen) atoms. The molecule has 0 aliphatic heterocycles. The minimum Gasteiger partial charge on any atom is -0.320 e. The summed E-state index contributed by atoms with van der Waals surface area (Å²) in [6.07, 6.45) is 2.52. The first kappa shape index (κ1) is 17.1. The Hall–Kier alpha value is -2.28. The van der Waals surface area contributed by atoms with Crippen LogP contribution in [-0.2, 0) is 12.0 Å². The van der Waals surface area contributed by atoms with Crippen LogP contribution in [-0.4, -0.2) is 20.8 Å². The van der Waals surface area contributed by atoms with Gasteiger partial charge in [0.2, 0.25) is 0 Å². The smallest absolute Gasteiger partial charge is 0.279 e. The molecular weight excluding hydrogens is 348 g/mol. The molecule has 6 nitrogen and oxygen atoms in total. The van der Waals surface area contributed by atoms with E-state index in [1.165, 1.54) is 23.4 Å². The van der Waals surface area contributed by atoms with Gasteiger partial charge in [-0.25, -0.2) is 4.63 Å². The standard InChI is InChI=1S/C19H22N4O2S/c1-11-16(19(2,3)4)26-18(23(11)10-12-5-6-12)20-17(24)13-7-8-14-15(9-13)22-25-21-14/h7-9,12H,5-6,10H2,1-4H3. The number of benzene rings is 1. The number of hydrogen-bond acceptors (Lipinski definition) is 5. The number of thiazole rings is 1. The van der Waals surface area contributed by atoms with E-state index in [4.69, 9.17) is 4.63 Å². The van der Waals surface area contributed by atoms with E-state index in [2.05, 4.69) is 47.6 Å².